The molecule has 1 N–H and O–H groups in total. The van der Waals surface area contributed by atoms with Crippen molar-refractivity contribution in [2.45, 2.75) is 30.8 Å². The van der Waals surface area contributed by atoms with Crippen molar-refractivity contribution in [3.63, 3.8) is 0 Å². The van der Waals surface area contributed by atoms with Gasteiger partial charge in [-0.1, -0.05) is 0 Å². The first kappa shape index (κ1) is 15.8. The maximum absolute atomic E-state index is 13.2. The van der Waals surface area contributed by atoms with Crippen LogP contribution in [0.2, 0.25) is 0 Å². The Morgan fingerprint density at radius 2 is 2.05 bits per heavy atom. The van der Waals surface area contributed by atoms with E-state index in [-0.39, 0.29) is 38.4 Å². The van der Waals surface area contributed by atoms with Gasteiger partial charge in [0.25, 0.3) is 11.8 Å². The average Bonchev–Trinajstić information content (AvgIpc) is 3.11. The first-order chi connectivity index (χ1) is 10.4. The lowest BCUT2D eigenvalue weighted by atomic mass is 10.00. The molecule has 5 nitrogen and oxygen atoms in total. The average molecular weight is 331 g/mol. The number of rotatable bonds is 3. The van der Waals surface area contributed by atoms with Gasteiger partial charge in [0, 0.05) is 44.4 Å². The number of aliphatic hydroxyl groups is 1. The lowest BCUT2D eigenvalue weighted by molar-refractivity contribution is -0.0720. The molecule has 0 radical (unpaired) electrons. The van der Waals surface area contributed by atoms with Crippen LogP contribution in [0.1, 0.15) is 29.8 Å². The van der Waals surface area contributed by atoms with Gasteiger partial charge in [0.15, 0.2) is 0 Å². The SMILES string of the molecule is O=C(c1cscn1)N1CCC(O)(CN2CCC(F)(F)CC2)C1. The number of amides is 1. The second-order valence-corrected chi connectivity index (χ2v) is 6.93. The van der Waals surface area contributed by atoms with Crippen LogP contribution in [0.4, 0.5) is 8.78 Å². The van der Waals surface area contributed by atoms with E-state index in [4.69, 9.17) is 0 Å². The third-order valence-corrected chi connectivity index (χ3v) is 4.96. The van der Waals surface area contributed by atoms with E-state index in [0.717, 1.165) is 0 Å². The van der Waals surface area contributed by atoms with Crippen molar-refractivity contribution in [1.82, 2.24) is 14.8 Å². The van der Waals surface area contributed by atoms with E-state index in [2.05, 4.69) is 4.98 Å². The summed E-state index contributed by atoms with van der Waals surface area (Å²) < 4.78 is 26.3. The summed E-state index contributed by atoms with van der Waals surface area (Å²) >= 11 is 1.35. The molecule has 0 aliphatic carbocycles. The quantitative estimate of drug-likeness (QED) is 0.911. The smallest absolute Gasteiger partial charge is 0.273 e. The maximum atomic E-state index is 13.2. The van der Waals surface area contributed by atoms with Crippen LogP contribution in [0, 0.1) is 0 Å². The summed E-state index contributed by atoms with van der Waals surface area (Å²) in [6.07, 6.45) is 0.144. The predicted octanol–water partition coefficient (Wildman–Crippen LogP) is 1.45. The Labute approximate surface area is 131 Å². The fraction of sp³-hybridized carbons (Fsp3) is 0.714. The molecule has 2 aliphatic rings. The lowest BCUT2D eigenvalue weighted by Gasteiger charge is -2.36. The van der Waals surface area contributed by atoms with Crippen molar-refractivity contribution in [2.75, 3.05) is 32.7 Å². The van der Waals surface area contributed by atoms with Crippen molar-refractivity contribution < 1.29 is 18.7 Å². The van der Waals surface area contributed by atoms with E-state index in [1.807, 2.05) is 4.90 Å². The van der Waals surface area contributed by atoms with Gasteiger partial charge in [-0.3, -0.25) is 9.69 Å². The summed E-state index contributed by atoms with van der Waals surface area (Å²) in [5.74, 6) is -2.76. The molecular formula is C14H19F2N3O2S. The number of carbonyl (C=O) groups is 1. The molecule has 0 saturated carbocycles. The molecule has 22 heavy (non-hydrogen) atoms. The van der Waals surface area contributed by atoms with Crippen molar-refractivity contribution in [3.05, 3.63) is 16.6 Å². The molecule has 122 valence electrons. The van der Waals surface area contributed by atoms with Crippen molar-refractivity contribution in [3.8, 4) is 0 Å². The topological polar surface area (TPSA) is 56.7 Å². The minimum Gasteiger partial charge on any atom is -0.387 e. The Morgan fingerprint density at radius 3 is 2.68 bits per heavy atom. The van der Waals surface area contributed by atoms with Crippen LogP contribution in [-0.4, -0.2) is 70.0 Å². The third kappa shape index (κ3) is 3.44. The molecule has 0 aromatic carbocycles. The molecule has 3 heterocycles. The van der Waals surface area contributed by atoms with Gasteiger partial charge >= 0.3 is 0 Å². The molecule has 0 spiro atoms. The number of hydrogen-bond acceptors (Lipinski definition) is 5. The number of alkyl halides is 2. The van der Waals surface area contributed by atoms with Crippen LogP contribution >= 0.6 is 11.3 Å². The van der Waals surface area contributed by atoms with E-state index in [9.17, 15) is 18.7 Å². The number of carbonyl (C=O) groups excluding carboxylic acids is 1. The first-order valence-electron chi connectivity index (χ1n) is 7.37. The van der Waals surface area contributed by atoms with Gasteiger partial charge in [0.1, 0.15) is 5.69 Å². The molecule has 3 rings (SSSR count). The van der Waals surface area contributed by atoms with Crippen LogP contribution in [0.25, 0.3) is 0 Å². The summed E-state index contributed by atoms with van der Waals surface area (Å²) in [6.45, 7) is 1.61. The van der Waals surface area contributed by atoms with Gasteiger partial charge in [-0.25, -0.2) is 13.8 Å². The second-order valence-electron chi connectivity index (χ2n) is 6.21. The molecule has 1 atom stereocenters. The number of piperidine rings is 1. The molecule has 2 aliphatic heterocycles. The summed E-state index contributed by atoms with van der Waals surface area (Å²) in [5.41, 5.74) is 0.980. The standard InChI is InChI=1S/C14H19F2N3O2S/c15-14(16)2-4-18(5-3-14)8-13(21)1-6-19(9-13)12(20)11-7-22-10-17-11/h7,10,21H,1-6,8-9H2. The van der Waals surface area contributed by atoms with Crippen LogP contribution in [0.15, 0.2) is 10.9 Å². The first-order valence-corrected chi connectivity index (χ1v) is 8.31. The highest BCUT2D eigenvalue weighted by atomic mass is 32.1. The molecule has 1 amide bonds. The highest BCUT2D eigenvalue weighted by Gasteiger charge is 2.42. The molecule has 1 aromatic heterocycles. The minimum absolute atomic E-state index is 0.162. The number of hydrogen-bond donors (Lipinski definition) is 1. The highest BCUT2D eigenvalue weighted by molar-refractivity contribution is 7.07. The number of thiazole rings is 1. The molecule has 2 fully saturated rings. The Balaban J connectivity index is 1.56. The molecule has 8 heteroatoms. The molecular weight excluding hydrogens is 312 g/mol. The fourth-order valence-corrected chi connectivity index (χ4v) is 3.62. The van der Waals surface area contributed by atoms with Crippen LogP contribution in [0.3, 0.4) is 0 Å². The Bertz CT molecular complexity index is 530. The maximum Gasteiger partial charge on any atom is 0.273 e. The molecule has 0 bridgehead atoms. The summed E-state index contributed by atoms with van der Waals surface area (Å²) in [7, 11) is 0. The van der Waals surface area contributed by atoms with Crippen molar-refractivity contribution in [2.24, 2.45) is 0 Å². The lowest BCUT2D eigenvalue weighted by Crippen LogP contribution is -2.49. The highest BCUT2D eigenvalue weighted by Crippen LogP contribution is 2.30. The molecule has 1 aromatic rings. The Hall–Kier alpha value is -1.12. The summed E-state index contributed by atoms with van der Waals surface area (Å²) in [4.78, 5) is 19.7. The van der Waals surface area contributed by atoms with E-state index < -0.39 is 11.5 Å². The normalized spacial score (nSPS) is 29.0. The van der Waals surface area contributed by atoms with Gasteiger partial charge in [-0.15, -0.1) is 11.3 Å². The van der Waals surface area contributed by atoms with Crippen LogP contribution < -0.4 is 0 Å². The van der Waals surface area contributed by atoms with Gasteiger partial charge in [0.2, 0.25) is 0 Å². The molecule has 2 saturated heterocycles. The second kappa shape index (κ2) is 5.82. The number of β-amino-alcohol motifs (C(OH)–C–C–N with tert-alkyl or cyclic N) is 1. The van der Waals surface area contributed by atoms with E-state index >= 15 is 0 Å². The summed E-state index contributed by atoms with van der Waals surface area (Å²) in [6, 6.07) is 0. The number of nitrogens with zero attached hydrogens (tertiary/aromatic N) is 3. The van der Waals surface area contributed by atoms with Crippen molar-refractivity contribution in [1.29, 1.82) is 0 Å². The molecule has 1 unspecified atom stereocenters. The van der Waals surface area contributed by atoms with Crippen LogP contribution in [0.5, 0.6) is 0 Å². The Kier molecular flexibility index (Phi) is 4.17. The van der Waals surface area contributed by atoms with Crippen LogP contribution in [-0.2, 0) is 0 Å². The predicted molar refractivity (Wildman–Crippen MR) is 78.2 cm³/mol. The largest absolute Gasteiger partial charge is 0.387 e. The third-order valence-electron chi connectivity index (χ3n) is 4.38. The zero-order valence-corrected chi connectivity index (χ0v) is 13.0. The zero-order chi connectivity index (χ0) is 15.8. The minimum atomic E-state index is -2.58. The Morgan fingerprint density at radius 1 is 1.32 bits per heavy atom. The van der Waals surface area contributed by atoms with Gasteiger partial charge in [0.05, 0.1) is 17.7 Å². The number of likely N-dealkylation sites (tertiary alicyclic amines) is 2. The fourth-order valence-electron chi connectivity index (χ4n) is 3.09. The number of halogens is 2. The zero-order valence-electron chi connectivity index (χ0n) is 12.2. The van der Waals surface area contributed by atoms with Gasteiger partial charge in [-0.2, -0.15) is 0 Å². The van der Waals surface area contributed by atoms with E-state index in [1.165, 1.54) is 11.3 Å². The van der Waals surface area contributed by atoms with E-state index in [1.54, 1.807) is 15.8 Å². The summed E-state index contributed by atoms with van der Waals surface area (Å²) in [5, 5.41) is 12.3. The van der Waals surface area contributed by atoms with Gasteiger partial charge < -0.3 is 10.0 Å². The number of aromatic nitrogens is 1. The van der Waals surface area contributed by atoms with Crippen molar-refractivity contribution >= 4 is 17.2 Å². The van der Waals surface area contributed by atoms with E-state index in [0.29, 0.717) is 25.2 Å². The van der Waals surface area contributed by atoms with Gasteiger partial charge in [-0.05, 0) is 6.42 Å². The monoisotopic (exact) mass is 331 g/mol.